The highest BCUT2D eigenvalue weighted by Gasteiger charge is 2.46. The fourth-order valence-corrected chi connectivity index (χ4v) is 5.23. The molecule has 8 nitrogen and oxygen atoms in total. The Bertz CT molecular complexity index is 1040. The molecule has 9 heteroatoms. The second-order valence-corrected chi connectivity index (χ2v) is 8.96. The lowest BCUT2D eigenvalue weighted by molar-refractivity contribution is -0.907. The Morgan fingerprint density at radius 2 is 1.88 bits per heavy atom. The van der Waals surface area contributed by atoms with Gasteiger partial charge in [-0.2, -0.15) is 0 Å². The summed E-state index contributed by atoms with van der Waals surface area (Å²) in [5, 5.41) is 13.1. The molecule has 0 aliphatic carbocycles. The van der Waals surface area contributed by atoms with Gasteiger partial charge in [0.15, 0.2) is 11.5 Å². The third kappa shape index (κ3) is 3.87. The standard InChI is InChI=1S/C23H24N2O6S/c26-21(15-3-4-16-17(14-15)31-12-11-30-16)19-20(18-2-1-13-32-18)25(23(28)22(19)27)6-5-24-7-9-29-10-8-24/h1-4,13-14,20,26H,5-12H2/p+1/t20-/m0/s1. The van der Waals surface area contributed by atoms with Gasteiger partial charge in [0.2, 0.25) is 0 Å². The Morgan fingerprint density at radius 3 is 2.62 bits per heavy atom. The van der Waals surface area contributed by atoms with E-state index < -0.39 is 17.7 Å². The normalized spacial score (nSPS) is 23.0. The highest BCUT2D eigenvalue weighted by atomic mass is 32.1. The number of carbonyl (C=O) groups excluding carboxylic acids is 2. The van der Waals surface area contributed by atoms with E-state index in [2.05, 4.69) is 0 Å². The number of thiophene rings is 1. The summed E-state index contributed by atoms with van der Waals surface area (Å²) in [5.74, 6) is -0.322. The predicted octanol–water partition coefficient (Wildman–Crippen LogP) is 0.856. The number of aliphatic hydroxyl groups excluding tert-OH is 1. The van der Waals surface area contributed by atoms with Crippen LogP contribution in [0.5, 0.6) is 11.5 Å². The monoisotopic (exact) mass is 457 g/mol. The number of hydrogen-bond donors (Lipinski definition) is 2. The molecule has 2 aromatic rings. The average molecular weight is 458 g/mol. The van der Waals surface area contributed by atoms with Crippen molar-refractivity contribution in [1.29, 1.82) is 0 Å². The topological polar surface area (TPSA) is 89.7 Å². The number of ketones is 1. The van der Waals surface area contributed by atoms with Crippen molar-refractivity contribution in [2.75, 3.05) is 52.6 Å². The fraction of sp³-hybridized carbons (Fsp3) is 0.391. The third-order valence-corrected chi connectivity index (χ3v) is 7.00. The number of Topliss-reactive ketones (excluding diaryl/α,β-unsaturated/α-hetero) is 1. The van der Waals surface area contributed by atoms with Gasteiger partial charge < -0.3 is 29.1 Å². The second-order valence-electron chi connectivity index (χ2n) is 7.98. The molecular weight excluding hydrogens is 432 g/mol. The Balaban J connectivity index is 1.50. The number of likely N-dealkylation sites (tertiary alicyclic amines) is 1. The first-order valence-corrected chi connectivity index (χ1v) is 11.6. The van der Waals surface area contributed by atoms with E-state index in [1.54, 1.807) is 23.1 Å². The van der Waals surface area contributed by atoms with E-state index in [-0.39, 0.29) is 11.3 Å². The molecule has 0 radical (unpaired) electrons. The molecular formula is C23H25N2O6S+. The van der Waals surface area contributed by atoms with Crippen LogP contribution in [-0.2, 0) is 14.3 Å². The Morgan fingerprint density at radius 1 is 1.09 bits per heavy atom. The Labute approximate surface area is 189 Å². The summed E-state index contributed by atoms with van der Waals surface area (Å²) in [7, 11) is 0. The minimum Gasteiger partial charge on any atom is -0.507 e. The number of ether oxygens (including phenoxy) is 3. The fourth-order valence-electron chi connectivity index (χ4n) is 4.39. The van der Waals surface area contributed by atoms with Crippen LogP contribution < -0.4 is 14.4 Å². The molecule has 3 aliphatic rings. The highest BCUT2D eigenvalue weighted by molar-refractivity contribution is 7.10. The molecule has 0 bridgehead atoms. The molecule has 1 aromatic heterocycles. The molecule has 0 saturated carbocycles. The van der Waals surface area contributed by atoms with Gasteiger partial charge in [0.1, 0.15) is 32.1 Å². The number of quaternary nitrogens is 1. The lowest BCUT2D eigenvalue weighted by Crippen LogP contribution is -3.14. The lowest BCUT2D eigenvalue weighted by atomic mass is 9.99. The molecule has 32 heavy (non-hydrogen) atoms. The first-order chi connectivity index (χ1) is 15.6. The van der Waals surface area contributed by atoms with Crippen LogP contribution in [0.3, 0.4) is 0 Å². The van der Waals surface area contributed by atoms with E-state index in [1.165, 1.54) is 16.2 Å². The summed E-state index contributed by atoms with van der Waals surface area (Å²) in [6.07, 6.45) is 0. The molecule has 0 unspecified atom stereocenters. The minimum atomic E-state index is -0.659. The van der Waals surface area contributed by atoms with Crippen molar-refractivity contribution in [3.8, 4) is 11.5 Å². The summed E-state index contributed by atoms with van der Waals surface area (Å²) in [6.45, 7) is 5.20. The van der Waals surface area contributed by atoms with Crippen molar-refractivity contribution < 1.29 is 33.8 Å². The number of carbonyl (C=O) groups is 2. The summed E-state index contributed by atoms with van der Waals surface area (Å²) >= 11 is 1.47. The largest absolute Gasteiger partial charge is 0.507 e. The maximum Gasteiger partial charge on any atom is 0.295 e. The van der Waals surface area contributed by atoms with E-state index in [4.69, 9.17) is 14.2 Å². The van der Waals surface area contributed by atoms with Crippen molar-refractivity contribution in [2.45, 2.75) is 6.04 Å². The first-order valence-electron chi connectivity index (χ1n) is 10.8. The van der Waals surface area contributed by atoms with Gasteiger partial charge in [0.05, 0.1) is 37.9 Å². The van der Waals surface area contributed by atoms with Crippen LogP contribution in [0.1, 0.15) is 16.5 Å². The zero-order chi connectivity index (χ0) is 22.1. The van der Waals surface area contributed by atoms with Crippen LogP contribution in [-0.4, -0.2) is 74.3 Å². The highest BCUT2D eigenvalue weighted by Crippen LogP contribution is 2.42. The molecule has 2 N–H and O–H groups in total. The average Bonchev–Trinajstić information content (AvgIpc) is 3.45. The first kappa shape index (κ1) is 21.0. The van der Waals surface area contributed by atoms with Crippen molar-refractivity contribution in [3.63, 3.8) is 0 Å². The predicted molar refractivity (Wildman–Crippen MR) is 117 cm³/mol. The molecule has 5 rings (SSSR count). The van der Waals surface area contributed by atoms with Crippen molar-refractivity contribution in [3.05, 3.63) is 51.7 Å². The van der Waals surface area contributed by atoms with Crippen LogP contribution in [0.4, 0.5) is 0 Å². The third-order valence-electron chi connectivity index (χ3n) is 6.07. The second kappa shape index (κ2) is 8.93. The summed E-state index contributed by atoms with van der Waals surface area (Å²) < 4.78 is 16.6. The Hall–Kier alpha value is -2.88. The number of aliphatic hydroxyl groups is 1. The van der Waals surface area contributed by atoms with Gasteiger partial charge in [0, 0.05) is 10.4 Å². The summed E-state index contributed by atoms with van der Waals surface area (Å²) in [5.41, 5.74) is 0.540. The SMILES string of the molecule is O=C1C(=O)N(CC[NH+]2CCOCC2)[C@@H](c2cccs2)C1=C(O)c1ccc2c(c1)OCCO2. The molecule has 1 aromatic carbocycles. The van der Waals surface area contributed by atoms with E-state index in [0.717, 1.165) is 24.5 Å². The van der Waals surface area contributed by atoms with Crippen LogP contribution in [0.15, 0.2) is 41.3 Å². The van der Waals surface area contributed by atoms with Gasteiger partial charge in [-0.3, -0.25) is 9.59 Å². The van der Waals surface area contributed by atoms with Gasteiger partial charge in [-0.15, -0.1) is 11.3 Å². The molecule has 4 heterocycles. The van der Waals surface area contributed by atoms with Crippen LogP contribution in [0, 0.1) is 0 Å². The molecule has 1 amide bonds. The van der Waals surface area contributed by atoms with Gasteiger partial charge >= 0.3 is 0 Å². The molecule has 2 saturated heterocycles. The van der Waals surface area contributed by atoms with Gasteiger partial charge in [0.25, 0.3) is 11.7 Å². The molecule has 168 valence electrons. The number of morpholine rings is 1. The number of benzene rings is 1. The van der Waals surface area contributed by atoms with E-state index in [0.29, 0.717) is 50.0 Å². The van der Waals surface area contributed by atoms with Crippen LogP contribution >= 0.6 is 11.3 Å². The van der Waals surface area contributed by atoms with Crippen molar-refractivity contribution in [2.24, 2.45) is 0 Å². The van der Waals surface area contributed by atoms with Gasteiger partial charge in [-0.25, -0.2) is 0 Å². The van der Waals surface area contributed by atoms with Gasteiger partial charge in [-0.05, 0) is 29.6 Å². The molecule has 0 spiro atoms. The minimum absolute atomic E-state index is 0.117. The van der Waals surface area contributed by atoms with Crippen LogP contribution in [0.2, 0.25) is 0 Å². The van der Waals surface area contributed by atoms with Crippen molar-refractivity contribution in [1.82, 2.24) is 4.90 Å². The molecule has 3 aliphatic heterocycles. The number of nitrogens with zero attached hydrogens (tertiary/aromatic N) is 1. The smallest absolute Gasteiger partial charge is 0.295 e. The molecule has 2 fully saturated rings. The van der Waals surface area contributed by atoms with Gasteiger partial charge in [-0.1, -0.05) is 6.07 Å². The van der Waals surface area contributed by atoms with Crippen molar-refractivity contribution >= 4 is 28.8 Å². The lowest BCUT2D eigenvalue weighted by Gasteiger charge is -2.28. The van der Waals surface area contributed by atoms with E-state index >= 15 is 0 Å². The number of fused-ring (bicyclic) bond motifs is 1. The van der Waals surface area contributed by atoms with E-state index in [1.807, 2.05) is 17.5 Å². The summed E-state index contributed by atoms with van der Waals surface area (Å²) in [6, 6.07) is 8.22. The number of rotatable bonds is 5. The zero-order valence-electron chi connectivity index (χ0n) is 17.5. The maximum atomic E-state index is 13.1. The molecule has 1 atom stereocenters. The number of hydrogen-bond acceptors (Lipinski definition) is 7. The number of amides is 1. The van der Waals surface area contributed by atoms with Crippen LogP contribution in [0.25, 0.3) is 5.76 Å². The zero-order valence-corrected chi connectivity index (χ0v) is 18.4. The maximum absolute atomic E-state index is 13.1. The summed E-state index contributed by atoms with van der Waals surface area (Å²) in [4.78, 5) is 29.9. The Kier molecular flexibility index (Phi) is 5.86. The van der Waals surface area contributed by atoms with E-state index in [9.17, 15) is 14.7 Å². The quantitative estimate of drug-likeness (QED) is 0.393. The number of nitrogens with one attached hydrogen (secondary N) is 1.